The molecule has 0 bridgehead atoms. The van der Waals surface area contributed by atoms with E-state index >= 15 is 0 Å². The first-order valence-corrected chi connectivity index (χ1v) is 16.4. The van der Waals surface area contributed by atoms with Gasteiger partial charge in [0.05, 0.1) is 16.9 Å². The minimum Gasteiger partial charge on any atom is -0.361 e. The van der Waals surface area contributed by atoms with Gasteiger partial charge in [0.25, 0.3) is 5.91 Å². The van der Waals surface area contributed by atoms with Gasteiger partial charge in [-0.15, -0.1) is 0 Å². The number of aryl methyl sites for hydroxylation is 2. The third kappa shape index (κ3) is 5.29. The molecule has 0 spiro atoms. The number of anilines is 2. The number of carbonyl (C=O) groups is 3. The SMILES string of the molecule is Cc1noc(C)c1-c1nccc(N2CCN(Cc3ccc(Cc4ccc5c6c(cccc46)C(=O)N5C4CCC(=O)NC4=O)cc3)CC2)n1. The summed E-state index contributed by atoms with van der Waals surface area (Å²) in [7, 11) is 0. The molecule has 8 rings (SSSR count). The molecular weight excluding hydrogens is 606 g/mol. The molecule has 3 aromatic carbocycles. The molecule has 1 atom stereocenters. The highest BCUT2D eigenvalue weighted by molar-refractivity contribution is 6.27. The van der Waals surface area contributed by atoms with Crippen LogP contribution in [0.15, 0.2) is 71.4 Å². The average Bonchev–Trinajstić information content (AvgIpc) is 3.58. The lowest BCUT2D eigenvalue weighted by Crippen LogP contribution is -2.53. The van der Waals surface area contributed by atoms with E-state index < -0.39 is 11.9 Å². The molecule has 2 fully saturated rings. The number of piperazine rings is 1. The van der Waals surface area contributed by atoms with E-state index in [0.717, 1.165) is 84.0 Å². The minimum atomic E-state index is -0.689. The number of nitrogens with one attached hydrogen (secondary N) is 1. The number of rotatable bonds is 7. The second-order valence-electron chi connectivity index (χ2n) is 12.8. The van der Waals surface area contributed by atoms with Crippen molar-refractivity contribution in [2.45, 2.75) is 45.7 Å². The van der Waals surface area contributed by atoms with Crippen molar-refractivity contribution in [3.8, 4) is 11.4 Å². The number of hydrogen-bond acceptors (Lipinski definition) is 9. The Morgan fingerprint density at radius 1 is 0.917 bits per heavy atom. The summed E-state index contributed by atoms with van der Waals surface area (Å²) in [6.07, 6.45) is 3.07. The van der Waals surface area contributed by atoms with E-state index in [1.54, 1.807) is 11.1 Å². The molecular formula is C37H35N7O4. The Bertz CT molecular complexity index is 2060. The first-order chi connectivity index (χ1) is 23.3. The van der Waals surface area contributed by atoms with Crippen LogP contribution in [-0.2, 0) is 22.6 Å². The summed E-state index contributed by atoms with van der Waals surface area (Å²) >= 11 is 0. The Morgan fingerprint density at radius 3 is 2.46 bits per heavy atom. The lowest BCUT2D eigenvalue weighted by molar-refractivity contribution is -0.134. The first-order valence-electron chi connectivity index (χ1n) is 16.4. The van der Waals surface area contributed by atoms with E-state index in [9.17, 15) is 14.4 Å². The zero-order chi connectivity index (χ0) is 32.9. The summed E-state index contributed by atoms with van der Waals surface area (Å²) in [4.78, 5) is 53.5. The van der Waals surface area contributed by atoms with Crippen molar-refractivity contribution in [3.05, 3.63) is 101 Å². The van der Waals surface area contributed by atoms with Crippen LogP contribution in [0.3, 0.4) is 0 Å². The van der Waals surface area contributed by atoms with Crippen LogP contribution in [0.25, 0.3) is 22.2 Å². The Labute approximate surface area is 277 Å². The first kappa shape index (κ1) is 29.9. The van der Waals surface area contributed by atoms with Crippen molar-refractivity contribution < 1.29 is 18.9 Å². The van der Waals surface area contributed by atoms with Gasteiger partial charge in [0, 0.05) is 56.3 Å². The molecule has 3 amide bonds. The molecule has 242 valence electrons. The Morgan fingerprint density at radius 2 is 1.71 bits per heavy atom. The number of amides is 3. The molecule has 3 aliphatic heterocycles. The van der Waals surface area contributed by atoms with Gasteiger partial charge in [0.15, 0.2) is 5.82 Å². The van der Waals surface area contributed by atoms with Crippen LogP contribution in [0.1, 0.15) is 51.3 Å². The summed E-state index contributed by atoms with van der Waals surface area (Å²) < 4.78 is 5.32. The van der Waals surface area contributed by atoms with Crippen LogP contribution >= 0.6 is 0 Å². The van der Waals surface area contributed by atoms with Crippen LogP contribution < -0.4 is 15.1 Å². The van der Waals surface area contributed by atoms with E-state index in [-0.39, 0.29) is 18.2 Å². The number of carbonyl (C=O) groups excluding carboxylic acids is 3. The molecule has 3 aliphatic rings. The lowest BCUT2D eigenvalue weighted by Gasteiger charge is -2.35. The molecule has 0 saturated carbocycles. The van der Waals surface area contributed by atoms with Crippen molar-refractivity contribution in [1.29, 1.82) is 0 Å². The van der Waals surface area contributed by atoms with Gasteiger partial charge in [-0.25, -0.2) is 9.97 Å². The fourth-order valence-corrected chi connectivity index (χ4v) is 7.28. The summed E-state index contributed by atoms with van der Waals surface area (Å²) in [6.45, 7) is 8.29. The second-order valence-corrected chi connectivity index (χ2v) is 12.8. The van der Waals surface area contributed by atoms with E-state index in [4.69, 9.17) is 9.51 Å². The second kappa shape index (κ2) is 12.0. The van der Waals surface area contributed by atoms with E-state index in [1.807, 2.05) is 44.2 Å². The summed E-state index contributed by atoms with van der Waals surface area (Å²) in [6, 6.07) is 19.8. The molecule has 11 nitrogen and oxygen atoms in total. The smallest absolute Gasteiger partial charge is 0.259 e. The number of piperidine rings is 1. The highest BCUT2D eigenvalue weighted by Gasteiger charge is 2.40. The summed E-state index contributed by atoms with van der Waals surface area (Å²) in [5.41, 5.74) is 6.57. The van der Waals surface area contributed by atoms with Gasteiger partial charge in [-0.3, -0.25) is 29.5 Å². The maximum Gasteiger partial charge on any atom is 0.259 e. The number of imide groups is 1. The summed E-state index contributed by atoms with van der Waals surface area (Å²) in [5.74, 6) is 1.38. The highest BCUT2D eigenvalue weighted by Crippen LogP contribution is 2.41. The molecule has 0 radical (unpaired) electrons. The monoisotopic (exact) mass is 641 g/mol. The zero-order valence-corrected chi connectivity index (χ0v) is 26.9. The molecule has 2 saturated heterocycles. The van der Waals surface area contributed by atoms with E-state index in [1.165, 1.54) is 11.1 Å². The number of benzene rings is 3. The van der Waals surface area contributed by atoms with Crippen LogP contribution in [0.2, 0.25) is 0 Å². The molecule has 1 N–H and O–H groups in total. The normalized spacial score (nSPS) is 18.2. The van der Waals surface area contributed by atoms with Crippen molar-refractivity contribution in [3.63, 3.8) is 0 Å². The largest absolute Gasteiger partial charge is 0.361 e. The predicted molar refractivity (Wildman–Crippen MR) is 181 cm³/mol. The predicted octanol–water partition coefficient (Wildman–Crippen LogP) is 4.58. The standard InChI is InChI=1S/C37H35N7O4/c1-22-33(23(2)48-41-22)35-38-15-14-31(39-35)43-18-16-42(17-19-43)21-25-8-6-24(7-9-25)20-26-10-11-29-34-27(26)4-3-5-28(34)37(47)44(29)30-12-13-32(45)40-36(30)46/h3-11,14-15,30H,12-13,16-21H2,1-2H3,(H,40,45,46). The maximum absolute atomic E-state index is 13.5. The molecule has 0 aliphatic carbocycles. The Kier molecular flexibility index (Phi) is 7.48. The van der Waals surface area contributed by atoms with Crippen LogP contribution in [0, 0.1) is 13.8 Å². The van der Waals surface area contributed by atoms with Crippen LogP contribution in [0.4, 0.5) is 11.5 Å². The van der Waals surface area contributed by atoms with E-state index in [0.29, 0.717) is 17.8 Å². The lowest BCUT2D eigenvalue weighted by atomic mass is 9.95. The molecule has 5 heterocycles. The van der Waals surface area contributed by atoms with E-state index in [2.05, 4.69) is 55.6 Å². The number of aromatic nitrogens is 3. The van der Waals surface area contributed by atoms with Crippen molar-refractivity contribution in [2.24, 2.45) is 0 Å². The van der Waals surface area contributed by atoms with Gasteiger partial charge in [-0.1, -0.05) is 47.6 Å². The quantitative estimate of drug-likeness (QED) is 0.254. The van der Waals surface area contributed by atoms with Crippen molar-refractivity contribution in [1.82, 2.24) is 25.3 Å². The highest BCUT2D eigenvalue weighted by atomic mass is 16.5. The van der Waals surface area contributed by atoms with Gasteiger partial charge in [0.1, 0.15) is 17.6 Å². The fourth-order valence-electron chi connectivity index (χ4n) is 7.28. The minimum absolute atomic E-state index is 0.189. The fraction of sp³-hybridized carbons (Fsp3) is 0.297. The third-order valence-electron chi connectivity index (χ3n) is 9.76. The Hall–Kier alpha value is -5.42. The number of nitrogens with zero attached hydrogens (tertiary/aromatic N) is 6. The number of hydrogen-bond donors (Lipinski definition) is 1. The summed E-state index contributed by atoms with van der Waals surface area (Å²) in [5, 5.41) is 8.33. The van der Waals surface area contributed by atoms with Gasteiger partial charge >= 0.3 is 0 Å². The molecule has 5 aromatic rings. The Balaban J connectivity index is 0.925. The van der Waals surface area contributed by atoms with Gasteiger partial charge in [-0.05, 0) is 67.0 Å². The molecule has 11 heteroatoms. The van der Waals surface area contributed by atoms with Gasteiger partial charge in [-0.2, -0.15) is 0 Å². The van der Waals surface area contributed by atoms with Crippen LogP contribution in [-0.4, -0.2) is 70.0 Å². The van der Waals surface area contributed by atoms with Gasteiger partial charge in [0.2, 0.25) is 11.8 Å². The molecule has 2 aromatic heterocycles. The van der Waals surface area contributed by atoms with Crippen molar-refractivity contribution >= 4 is 40.0 Å². The molecule has 1 unspecified atom stereocenters. The average molecular weight is 642 g/mol. The van der Waals surface area contributed by atoms with Gasteiger partial charge < -0.3 is 9.42 Å². The zero-order valence-electron chi connectivity index (χ0n) is 26.9. The molecule has 48 heavy (non-hydrogen) atoms. The topological polar surface area (TPSA) is 125 Å². The third-order valence-corrected chi connectivity index (χ3v) is 9.76. The van der Waals surface area contributed by atoms with Crippen LogP contribution in [0.5, 0.6) is 0 Å². The maximum atomic E-state index is 13.5. The van der Waals surface area contributed by atoms with Crippen molar-refractivity contribution in [2.75, 3.05) is 36.0 Å².